The third kappa shape index (κ3) is 2.33. The molecule has 0 heterocycles. The Kier molecular flexibility index (Phi) is 2.39. The van der Waals surface area contributed by atoms with Crippen LogP contribution < -0.4 is 0 Å². The third-order valence-electron chi connectivity index (χ3n) is 3.03. The monoisotopic (exact) mass is 174 g/mol. The summed E-state index contributed by atoms with van der Waals surface area (Å²) >= 11 is 0. The predicted molar refractivity (Wildman–Crippen MR) is 56.9 cm³/mol. The highest BCUT2D eigenvalue weighted by Gasteiger charge is 2.23. The Bertz CT molecular complexity index is 267. The molecule has 1 atom stereocenters. The summed E-state index contributed by atoms with van der Waals surface area (Å²) in [6, 6.07) is 9.00. The van der Waals surface area contributed by atoms with E-state index >= 15 is 0 Å². The smallest absolute Gasteiger partial charge is 0.0188 e. The van der Waals surface area contributed by atoms with Crippen molar-refractivity contribution in [3.8, 4) is 0 Å². The van der Waals surface area contributed by atoms with Crippen LogP contribution in [0.2, 0.25) is 0 Å². The third-order valence-corrected chi connectivity index (χ3v) is 3.03. The van der Waals surface area contributed by atoms with Crippen molar-refractivity contribution in [2.75, 3.05) is 0 Å². The van der Waals surface area contributed by atoms with Crippen LogP contribution in [0.15, 0.2) is 24.3 Å². The Morgan fingerprint density at radius 2 is 1.85 bits per heavy atom. The lowest BCUT2D eigenvalue weighted by atomic mass is 9.95. The van der Waals surface area contributed by atoms with Gasteiger partial charge in [0.1, 0.15) is 0 Å². The van der Waals surface area contributed by atoms with Gasteiger partial charge in [-0.25, -0.2) is 0 Å². The quantitative estimate of drug-likeness (QED) is 0.652. The standard InChI is InChI=1S/C13H18/c1-10-3-7-13(8-4-10)11(2)9-12-5-6-12/h3-4,7-8,11-12H,5-6,9H2,1-2H3. The topological polar surface area (TPSA) is 0 Å². The molecule has 1 unspecified atom stereocenters. The van der Waals surface area contributed by atoms with Crippen LogP contribution in [0.1, 0.15) is 43.2 Å². The van der Waals surface area contributed by atoms with Gasteiger partial charge >= 0.3 is 0 Å². The zero-order valence-corrected chi connectivity index (χ0v) is 8.59. The Labute approximate surface area is 81.0 Å². The molecule has 0 aromatic heterocycles. The van der Waals surface area contributed by atoms with E-state index in [1.807, 2.05) is 0 Å². The van der Waals surface area contributed by atoms with Crippen LogP contribution in [0.3, 0.4) is 0 Å². The van der Waals surface area contributed by atoms with Crippen LogP contribution in [-0.2, 0) is 0 Å². The van der Waals surface area contributed by atoms with Crippen LogP contribution in [0.5, 0.6) is 0 Å². The maximum atomic E-state index is 2.35. The van der Waals surface area contributed by atoms with Gasteiger partial charge in [-0.2, -0.15) is 0 Å². The Balaban J connectivity index is 2.01. The molecular weight excluding hydrogens is 156 g/mol. The molecule has 0 heteroatoms. The van der Waals surface area contributed by atoms with Crippen molar-refractivity contribution in [1.29, 1.82) is 0 Å². The summed E-state index contributed by atoms with van der Waals surface area (Å²) in [7, 11) is 0. The molecule has 0 nitrogen and oxygen atoms in total. The lowest BCUT2D eigenvalue weighted by molar-refractivity contribution is 0.619. The summed E-state index contributed by atoms with van der Waals surface area (Å²) in [6.07, 6.45) is 4.33. The molecule has 0 saturated heterocycles. The average molecular weight is 174 g/mol. The van der Waals surface area contributed by atoms with Crippen molar-refractivity contribution in [2.24, 2.45) is 5.92 Å². The van der Waals surface area contributed by atoms with E-state index in [-0.39, 0.29) is 0 Å². The van der Waals surface area contributed by atoms with Crippen molar-refractivity contribution in [1.82, 2.24) is 0 Å². The van der Waals surface area contributed by atoms with Crippen LogP contribution in [0.25, 0.3) is 0 Å². The maximum absolute atomic E-state index is 2.35. The summed E-state index contributed by atoms with van der Waals surface area (Å²) in [4.78, 5) is 0. The van der Waals surface area contributed by atoms with Gasteiger partial charge in [0.15, 0.2) is 0 Å². The minimum atomic E-state index is 0.757. The molecule has 0 amide bonds. The summed E-state index contributed by atoms with van der Waals surface area (Å²) < 4.78 is 0. The van der Waals surface area contributed by atoms with Gasteiger partial charge in [0.25, 0.3) is 0 Å². The molecule has 13 heavy (non-hydrogen) atoms. The summed E-state index contributed by atoms with van der Waals surface area (Å²) in [5.41, 5.74) is 2.87. The molecule has 1 aliphatic rings. The Hall–Kier alpha value is -0.780. The van der Waals surface area contributed by atoms with E-state index in [9.17, 15) is 0 Å². The van der Waals surface area contributed by atoms with E-state index in [0.717, 1.165) is 11.8 Å². The maximum Gasteiger partial charge on any atom is -0.0188 e. The average Bonchev–Trinajstić information content (AvgIpc) is 2.89. The molecule has 0 aliphatic heterocycles. The first-order valence-corrected chi connectivity index (χ1v) is 5.32. The van der Waals surface area contributed by atoms with Crippen molar-refractivity contribution in [2.45, 2.75) is 39.0 Å². The second kappa shape index (κ2) is 3.53. The normalized spacial score (nSPS) is 18.6. The molecule has 0 bridgehead atoms. The molecule has 1 fully saturated rings. The van der Waals surface area contributed by atoms with Gasteiger partial charge in [0.05, 0.1) is 0 Å². The van der Waals surface area contributed by atoms with Gasteiger partial charge in [-0.15, -0.1) is 0 Å². The molecule has 1 aromatic rings. The van der Waals surface area contributed by atoms with Crippen molar-refractivity contribution in [3.63, 3.8) is 0 Å². The van der Waals surface area contributed by atoms with E-state index in [0.29, 0.717) is 0 Å². The predicted octanol–water partition coefficient (Wildman–Crippen LogP) is 3.90. The van der Waals surface area contributed by atoms with E-state index in [1.165, 1.54) is 30.4 Å². The molecule has 1 aromatic carbocycles. The lowest BCUT2D eigenvalue weighted by Crippen LogP contribution is -1.94. The minimum Gasteiger partial charge on any atom is -0.0590 e. The molecule has 1 saturated carbocycles. The zero-order chi connectivity index (χ0) is 9.26. The number of rotatable bonds is 3. The number of hydrogen-bond donors (Lipinski definition) is 0. The first kappa shape index (κ1) is 8.80. The summed E-state index contributed by atoms with van der Waals surface area (Å²) in [6.45, 7) is 4.50. The Morgan fingerprint density at radius 1 is 1.23 bits per heavy atom. The second-order valence-corrected chi connectivity index (χ2v) is 4.49. The molecule has 2 rings (SSSR count). The lowest BCUT2D eigenvalue weighted by Gasteiger charge is -2.10. The highest BCUT2D eigenvalue weighted by molar-refractivity contribution is 5.24. The van der Waals surface area contributed by atoms with Gasteiger partial charge in [-0.05, 0) is 30.7 Å². The van der Waals surface area contributed by atoms with E-state index in [4.69, 9.17) is 0 Å². The summed E-state index contributed by atoms with van der Waals surface area (Å²) in [5.74, 6) is 1.80. The molecule has 0 spiro atoms. The van der Waals surface area contributed by atoms with E-state index < -0.39 is 0 Å². The molecule has 70 valence electrons. The number of benzene rings is 1. The van der Waals surface area contributed by atoms with Gasteiger partial charge in [-0.3, -0.25) is 0 Å². The highest BCUT2D eigenvalue weighted by Crippen LogP contribution is 2.38. The fourth-order valence-electron chi connectivity index (χ4n) is 1.88. The van der Waals surface area contributed by atoms with Gasteiger partial charge < -0.3 is 0 Å². The van der Waals surface area contributed by atoms with Crippen LogP contribution in [0, 0.1) is 12.8 Å². The SMILES string of the molecule is Cc1ccc(C(C)CC2CC2)cc1. The van der Waals surface area contributed by atoms with Gasteiger partial charge in [0.2, 0.25) is 0 Å². The molecular formula is C13H18. The van der Waals surface area contributed by atoms with E-state index in [1.54, 1.807) is 0 Å². The van der Waals surface area contributed by atoms with Gasteiger partial charge in [-0.1, -0.05) is 49.6 Å². The van der Waals surface area contributed by atoms with Crippen molar-refractivity contribution >= 4 is 0 Å². The highest BCUT2D eigenvalue weighted by atomic mass is 14.3. The largest absolute Gasteiger partial charge is 0.0590 e. The summed E-state index contributed by atoms with van der Waals surface area (Å²) in [5, 5.41) is 0. The Morgan fingerprint density at radius 3 is 2.38 bits per heavy atom. The van der Waals surface area contributed by atoms with Crippen LogP contribution in [0.4, 0.5) is 0 Å². The fourth-order valence-corrected chi connectivity index (χ4v) is 1.88. The van der Waals surface area contributed by atoms with Gasteiger partial charge in [0, 0.05) is 0 Å². The van der Waals surface area contributed by atoms with Crippen molar-refractivity contribution in [3.05, 3.63) is 35.4 Å². The molecule has 0 radical (unpaired) electrons. The van der Waals surface area contributed by atoms with Crippen LogP contribution >= 0.6 is 0 Å². The second-order valence-electron chi connectivity index (χ2n) is 4.49. The molecule has 1 aliphatic carbocycles. The molecule has 0 N–H and O–H groups in total. The fraction of sp³-hybridized carbons (Fsp3) is 0.538. The van der Waals surface area contributed by atoms with Crippen molar-refractivity contribution < 1.29 is 0 Å². The number of aryl methyl sites for hydroxylation is 1. The zero-order valence-electron chi connectivity index (χ0n) is 8.59. The van der Waals surface area contributed by atoms with Crippen LogP contribution in [-0.4, -0.2) is 0 Å². The minimum absolute atomic E-state index is 0.757. The number of hydrogen-bond acceptors (Lipinski definition) is 0. The first-order valence-electron chi connectivity index (χ1n) is 5.32. The van der Waals surface area contributed by atoms with E-state index in [2.05, 4.69) is 38.1 Å². The first-order chi connectivity index (χ1) is 6.25.